The van der Waals surface area contributed by atoms with Gasteiger partial charge in [-0.3, -0.25) is 9.59 Å². The normalized spacial score (nSPS) is 23.4. The number of halogens is 3. The number of nitrogens with one attached hydrogen (secondary N) is 2. The van der Waals surface area contributed by atoms with Crippen molar-refractivity contribution in [2.24, 2.45) is 5.41 Å². The van der Waals surface area contributed by atoms with Crippen molar-refractivity contribution in [2.75, 3.05) is 11.3 Å². The molecule has 0 radical (unpaired) electrons. The Hall–Kier alpha value is -4.20. The van der Waals surface area contributed by atoms with Crippen molar-refractivity contribution in [2.45, 2.75) is 94.9 Å². The van der Waals surface area contributed by atoms with E-state index in [4.69, 9.17) is 4.74 Å². The van der Waals surface area contributed by atoms with Crippen LogP contribution in [0.15, 0.2) is 53.4 Å². The monoisotopic (exact) mass is 685 g/mol. The Bertz CT molecular complexity index is 1820. The van der Waals surface area contributed by atoms with Gasteiger partial charge >= 0.3 is 6.18 Å². The number of sulfonamides is 1. The molecule has 10 nitrogen and oxygen atoms in total. The number of ether oxygens (including phenoxy) is 1. The lowest BCUT2D eigenvalue weighted by molar-refractivity contribution is -0.193. The van der Waals surface area contributed by atoms with E-state index >= 15 is 0 Å². The van der Waals surface area contributed by atoms with Gasteiger partial charge < -0.3 is 15.0 Å². The highest BCUT2D eigenvalue weighted by Gasteiger charge is 2.64. The predicted octanol–water partition coefficient (Wildman–Crippen LogP) is 5.94. The summed E-state index contributed by atoms with van der Waals surface area (Å²) in [6.07, 6.45) is -3.07. The molecule has 4 bridgehead atoms. The molecule has 256 valence electrons. The number of benzene rings is 2. The van der Waals surface area contributed by atoms with Crippen molar-refractivity contribution in [1.29, 1.82) is 0 Å². The van der Waals surface area contributed by atoms with Gasteiger partial charge in [0.15, 0.2) is 0 Å². The van der Waals surface area contributed by atoms with Crippen LogP contribution in [0.1, 0.15) is 73.4 Å². The average Bonchev–Trinajstić information content (AvgIpc) is 3.81. The molecule has 48 heavy (non-hydrogen) atoms. The van der Waals surface area contributed by atoms with Crippen LogP contribution in [-0.2, 0) is 14.8 Å². The summed E-state index contributed by atoms with van der Waals surface area (Å²) in [5.41, 5.74) is 0.885. The lowest BCUT2D eigenvalue weighted by atomic mass is 9.87. The second-order valence-electron chi connectivity index (χ2n) is 13.2. The highest BCUT2D eigenvalue weighted by atomic mass is 32.2. The number of aryl methyl sites for hydroxylation is 2. The number of fused-ring (bicyclic) bond motifs is 4. The summed E-state index contributed by atoms with van der Waals surface area (Å²) in [5, 5.41) is 2.90. The van der Waals surface area contributed by atoms with Gasteiger partial charge in [0.2, 0.25) is 17.7 Å². The third kappa shape index (κ3) is 6.85. The molecule has 2 saturated carbocycles. The van der Waals surface area contributed by atoms with Crippen LogP contribution < -0.4 is 14.8 Å². The number of nitrogens with zero attached hydrogens (tertiary/aromatic N) is 3. The maximum atomic E-state index is 14.5. The van der Waals surface area contributed by atoms with Crippen LogP contribution in [0.5, 0.6) is 5.88 Å². The molecule has 3 aliphatic rings. The molecule has 2 amide bonds. The van der Waals surface area contributed by atoms with E-state index in [0.29, 0.717) is 31.4 Å². The fourth-order valence-corrected chi connectivity index (χ4v) is 8.04. The molecule has 1 aromatic heterocycles. The lowest BCUT2D eigenvalue weighted by Crippen LogP contribution is -2.53. The van der Waals surface area contributed by atoms with Crippen molar-refractivity contribution in [3.8, 4) is 17.1 Å². The van der Waals surface area contributed by atoms with Gasteiger partial charge in [-0.05, 0) is 88.1 Å². The largest absolute Gasteiger partial charge is 0.475 e. The molecule has 2 heterocycles. The van der Waals surface area contributed by atoms with Crippen LogP contribution in [-0.4, -0.2) is 66.0 Å². The molecule has 2 fully saturated rings. The highest BCUT2D eigenvalue weighted by Crippen LogP contribution is 2.61. The zero-order valence-corrected chi connectivity index (χ0v) is 27.7. The van der Waals surface area contributed by atoms with E-state index in [1.165, 1.54) is 42.2 Å². The number of rotatable bonds is 5. The van der Waals surface area contributed by atoms with E-state index in [0.717, 1.165) is 16.7 Å². The third-order valence-electron chi connectivity index (χ3n) is 9.69. The maximum absolute atomic E-state index is 14.5. The first-order valence-corrected chi connectivity index (χ1v) is 17.5. The van der Waals surface area contributed by atoms with Gasteiger partial charge in [-0.2, -0.15) is 18.2 Å². The van der Waals surface area contributed by atoms with Crippen LogP contribution in [0.3, 0.4) is 0 Å². The zero-order valence-electron chi connectivity index (χ0n) is 26.9. The number of aromatic nitrogens is 2. The number of carbonyl (C=O) groups excluding carboxylic acids is 2. The lowest BCUT2D eigenvalue weighted by Gasteiger charge is -2.43. The Labute approximate surface area is 277 Å². The zero-order chi connectivity index (χ0) is 34.4. The molecule has 0 spiro atoms. The summed E-state index contributed by atoms with van der Waals surface area (Å²) in [5.74, 6) is -1.09. The predicted molar refractivity (Wildman–Crippen MR) is 172 cm³/mol. The van der Waals surface area contributed by atoms with Crippen LogP contribution in [0.2, 0.25) is 0 Å². The molecule has 0 saturated heterocycles. The number of amides is 2. The van der Waals surface area contributed by atoms with E-state index in [1.54, 1.807) is 0 Å². The topological polar surface area (TPSA) is 131 Å². The molecule has 1 aliphatic heterocycles. The average molecular weight is 686 g/mol. The molecule has 0 unspecified atom stereocenters. The van der Waals surface area contributed by atoms with Gasteiger partial charge in [0.25, 0.3) is 15.9 Å². The minimum absolute atomic E-state index is 0.0202. The van der Waals surface area contributed by atoms with Crippen LogP contribution in [0.25, 0.3) is 11.3 Å². The minimum atomic E-state index is -4.48. The first-order chi connectivity index (χ1) is 22.7. The van der Waals surface area contributed by atoms with Crippen molar-refractivity contribution < 1.29 is 35.9 Å². The van der Waals surface area contributed by atoms with Crippen molar-refractivity contribution in [3.05, 3.63) is 65.2 Å². The summed E-state index contributed by atoms with van der Waals surface area (Å²) >= 11 is 0. The fourth-order valence-electron chi connectivity index (χ4n) is 7.06. The van der Waals surface area contributed by atoms with Gasteiger partial charge in [-0.1, -0.05) is 24.3 Å². The van der Waals surface area contributed by atoms with E-state index in [1.807, 2.05) is 32.0 Å². The first kappa shape index (κ1) is 33.7. The second kappa shape index (κ2) is 12.7. The van der Waals surface area contributed by atoms with Crippen LogP contribution in [0.4, 0.5) is 19.1 Å². The molecular weight excluding hydrogens is 647 g/mol. The number of anilines is 1. The number of hydrogen-bond acceptors (Lipinski definition) is 7. The van der Waals surface area contributed by atoms with E-state index in [2.05, 4.69) is 20.0 Å². The number of hydrogen-bond donors (Lipinski definition) is 2. The number of carbonyl (C=O) groups is 2. The third-order valence-corrected chi connectivity index (χ3v) is 11.0. The molecular formula is C34H38F3N5O5S. The van der Waals surface area contributed by atoms with Crippen molar-refractivity contribution in [3.63, 3.8) is 0 Å². The summed E-state index contributed by atoms with van der Waals surface area (Å²) in [4.78, 5) is 36.2. The quantitative estimate of drug-likeness (QED) is 0.340. The Morgan fingerprint density at radius 2 is 1.71 bits per heavy atom. The summed E-state index contributed by atoms with van der Waals surface area (Å²) in [7, 11) is -4.30. The smallest absolute Gasteiger partial charge is 0.394 e. The summed E-state index contributed by atoms with van der Waals surface area (Å²) < 4.78 is 79.2. The molecule has 6 rings (SSSR count). The van der Waals surface area contributed by atoms with Gasteiger partial charge in [0.1, 0.15) is 6.61 Å². The van der Waals surface area contributed by atoms with Crippen LogP contribution in [0, 0.1) is 19.3 Å². The van der Waals surface area contributed by atoms with Gasteiger partial charge in [0.05, 0.1) is 22.0 Å². The van der Waals surface area contributed by atoms with E-state index in [9.17, 15) is 31.2 Å². The Kier molecular flexibility index (Phi) is 8.90. The fraction of sp³-hybridized carbons (Fsp3) is 0.471. The van der Waals surface area contributed by atoms with Crippen molar-refractivity contribution >= 4 is 27.8 Å². The minimum Gasteiger partial charge on any atom is -0.475 e. The molecule has 2 aliphatic carbocycles. The molecule has 1 atom stereocenters. The summed E-state index contributed by atoms with van der Waals surface area (Å²) in [6.45, 7) is 4.88. The molecule has 14 heteroatoms. The van der Waals surface area contributed by atoms with Gasteiger partial charge in [-0.25, -0.2) is 18.1 Å². The summed E-state index contributed by atoms with van der Waals surface area (Å²) in [6, 6.07) is 11.0. The molecule has 2 N–H and O–H groups in total. The number of alkyl halides is 3. The Morgan fingerprint density at radius 3 is 2.33 bits per heavy atom. The Morgan fingerprint density at radius 1 is 1.04 bits per heavy atom. The van der Waals surface area contributed by atoms with Crippen LogP contribution >= 0.6 is 0 Å². The highest BCUT2D eigenvalue weighted by molar-refractivity contribution is 7.92. The van der Waals surface area contributed by atoms with E-state index in [-0.39, 0.29) is 60.1 Å². The Balaban J connectivity index is 1.47. The SMILES string of the molecule is CC(=O)N[C@H]1CC[C@@H](N2C(=O)c3cccc(c3)S(=O)(=O)Nc3nc(cc(-c4c(C)cccc4C)n3)OC[C@H]2CC2(C(F)(F)F)CC2)CC1. The van der Waals surface area contributed by atoms with Gasteiger partial charge in [-0.15, -0.1) is 0 Å². The standard InChI is InChI=1S/C34H38F3N5O5S/c1-20-6-4-7-21(2)30(20)28-17-29-40-32(39-28)41-48(45,46)27-9-5-8-23(16-27)31(44)42(25-12-10-24(11-13-25)38-22(3)43)26(19-47-29)18-33(14-15-33)34(35,36)37/h4-9,16-17,24-26H,10-15,18-19H2,1-3H3,(H,38,43)(H,39,40,41)/t24-,25+,26-/m1/s1. The molecule has 3 aromatic rings. The van der Waals surface area contributed by atoms with Crippen molar-refractivity contribution in [1.82, 2.24) is 20.2 Å². The van der Waals surface area contributed by atoms with Gasteiger partial charge in [0, 0.05) is 36.2 Å². The van der Waals surface area contributed by atoms with E-state index < -0.39 is 39.6 Å². The maximum Gasteiger partial charge on any atom is 0.394 e. The second-order valence-corrected chi connectivity index (χ2v) is 14.9. The molecule has 2 aromatic carbocycles. The first-order valence-electron chi connectivity index (χ1n) is 16.0.